The van der Waals surface area contributed by atoms with Crippen molar-refractivity contribution in [3.05, 3.63) is 71.0 Å². The maximum absolute atomic E-state index is 15.3. The number of halogens is 4. The Morgan fingerprint density at radius 1 is 0.789 bits per heavy atom. The first kappa shape index (κ1) is 28.6. The van der Waals surface area contributed by atoms with Crippen LogP contribution < -0.4 is 23.7 Å². The van der Waals surface area contributed by atoms with Gasteiger partial charge in [0.05, 0.1) is 39.1 Å². The van der Waals surface area contributed by atoms with Crippen molar-refractivity contribution in [2.24, 2.45) is 0 Å². The quantitative estimate of drug-likeness (QED) is 0.227. The Hall–Kier alpha value is -3.93. The number of methoxy groups -OCH3 is 4. The van der Waals surface area contributed by atoms with Gasteiger partial charge in [-0.15, -0.1) is 13.2 Å². The fourth-order valence-electron chi connectivity index (χ4n) is 3.58. The van der Waals surface area contributed by atoms with Crippen LogP contribution in [0.2, 0.25) is 0 Å². The largest absolute Gasteiger partial charge is 0.573 e. The number of benzene rings is 3. The molecule has 0 spiro atoms. The van der Waals surface area contributed by atoms with Crippen LogP contribution in [0.1, 0.15) is 16.7 Å². The molecule has 0 heterocycles. The van der Waals surface area contributed by atoms with E-state index in [1.54, 1.807) is 18.2 Å². The van der Waals surface area contributed by atoms with Gasteiger partial charge in [0.15, 0.2) is 32.9 Å². The highest BCUT2D eigenvalue weighted by atomic mass is 32.2. The molecule has 3 rings (SSSR count). The Kier molecular flexibility index (Phi) is 8.77. The molecule has 3 aromatic rings. The molecule has 0 atom stereocenters. The summed E-state index contributed by atoms with van der Waals surface area (Å²) in [5.74, 6) is -1.29. The molecule has 0 bridgehead atoms. The molecule has 0 N–H and O–H groups in total. The van der Waals surface area contributed by atoms with E-state index < -0.39 is 33.5 Å². The number of alkyl halides is 3. The summed E-state index contributed by atoms with van der Waals surface area (Å²) in [4.78, 5) is -0.311. The van der Waals surface area contributed by atoms with E-state index >= 15 is 4.39 Å². The van der Waals surface area contributed by atoms with Crippen LogP contribution in [0.4, 0.5) is 17.6 Å². The Morgan fingerprint density at radius 3 is 1.87 bits per heavy atom. The lowest BCUT2D eigenvalue weighted by molar-refractivity contribution is -0.274. The summed E-state index contributed by atoms with van der Waals surface area (Å²) in [5, 5.41) is 0. The molecule has 0 amide bonds. The lowest BCUT2D eigenvalue weighted by Gasteiger charge is -2.14. The highest BCUT2D eigenvalue weighted by Gasteiger charge is 2.31. The smallest absolute Gasteiger partial charge is 0.494 e. The summed E-state index contributed by atoms with van der Waals surface area (Å²) in [7, 11) is 1.42. The van der Waals surface area contributed by atoms with Crippen molar-refractivity contribution in [3.63, 3.8) is 0 Å². The molecule has 0 unspecified atom stereocenters. The van der Waals surface area contributed by atoms with Gasteiger partial charge in [-0.1, -0.05) is 18.2 Å². The Bertz CT molecular complexity index is 1390. The van der Waals surface area contributed by atoms with Gasteiger partial charge in [0.2, 0.25) is 5.75 Å². The summed E-state index contributed by atoms with van der Waals surface area (Å²) in [6.07, 6.45) is -1.82. The molecule has 0 aliphatic carbocycles. The first-order chi connectivity index (χ1) is 17.9. The minimum Gasteiger partial charge on any atom is -0.494 e. The maximum Gasteiger partial charge on any atom is 0.573 e. The molecular formula is C26H24F4O7S. The molecule has 0 saturated carbocycles. The zero-order chi connectivity index (χ0) is 28.1. The van der Waals surface area contributed by atoms with Crippen LogP contribution in [-0.4, -0.2) is 43.2 Å². The second-order valence-electron chi connectivity index (χ2n) is 7.72. The summed E-state index contributed by atoms with van der Waals surface area (Å²) in [6, 6.07) is 9.80. The number of rotatable bonds is 10. The third-order valence-corrected chi connectivity index (χ3v) is 7.02. The Balaban J connectivity index is 2.00. The van der Waals surface area contributed by atoms with Crippen molar-refractivity contribution in [2.45, 2.75) is 17.0 Å². The van der Waals surface area contributed by atoms with E-state index in [-0.39, 0.29) is 21.8 Å². The molecule has 0 aromatic heterocycles. The fourth-order valence-corrected chi connectivity index (χ4v) is 4.97. The standard InChI is InChI=1S/C26H24F4O7S/c1-33-21-12-7-17(6-5-16-13-22(34-2)25(36-4)23(14-16)35-3)20(24(21)27)15-38(31,32)19-10-8-18(9-11-19)37-26(28,29)30/h5-14H,15H2,1-4H3/b6-5-. The third kappa shape index (κ3) is 6.68. The number of hydrogen-bond acceptors (Lipinski definition) is 7. The van der Waals surface area contributed by atoms with Crippen LogP contribution in [0, 0.1) is 5.82 Å². The topological polar surface area (TPSA) is 80.3 Å². The van der Waals surface area contributed by atoms with Crippen molar-refractivity contribution in [2.75, 3.05) is 28.4 Å². The van der Waals surface area contributed by atoms with Gasteiger partial charge >= 0.3 is 6.36 Å². The fraction of sp³-hybridized carbons (Fsp3) is 0.231. The average Bonchev–Trinajstić information content (AvgIpc) is 2.87. The SMILES string of the molecule is COc1ccc(/C=C\c2cc(OC)c(OC)c(OC)c2)c(CS(=O)(=O)c2ccc(OC(F)(F)F)cc2)c1F. The summed E-state index contributed by atoms with van der Waals surface area (Å²) in [5.41, 5.74) is 0.631. The molecule has 0 aliphatic rings. The normalized spacial score (nSPS) is 11.9. The molecule has 7 nitrogen and oxygen atoms in total. The average molecular weight is 557 g/mol. The molecule has 12 heteroatoms. The van der Waals surface area contributed by atoms with E-state index in [4.69, 9.17) is 18.9 Å². The second kappa shape index (κ2) is 11.6. The molecule has 0 radical (unpaired) electrons. The Labute approximate surface area is 217 Å². The zero-order valence-electron chi connectivity index (χ0n) is 20.8. The van der Waals surface area contributed by atoms with Crippen LogP contribution >= 0.6 is 0 Å². The molecule has 38 heavy (non-hydrogen) atoms. The van der Waals surface area contributed by atoms with Gasteiger partial charge in [0.25, 0.3) is 0 Å². The summed E-state index contributed by atoms with van der Waals surface area (Å²) in [6.45, 7) is 0. The van der Waals surface area contributed by atoms with E-state index in [2.05, 4.69) is 4.74 Å². The van der Waals surface area contributed by atoms with Crippen LogP contribution in [0.25, 0.3) is 12.2 Å². The first-order valence-electron chi connectivity index (χ1n) is 10.8. The predicted molar refractivity (Wildman–Crippen MR) is 132 cm³/mol. The number of sulfone groups is 1. The van der Waals surface area contributed by atoms with Crippen LogP contribution in [0.5, 0.6) is 28.7 Å². The van der Waals surface area contributed by atoms with Crippen LogP contribution in [0.15, 0.2) is 53.4 Å². The van der Waals surface area contributed by atoms with Crippen molar-refractivity contribution < 1.29 is 49.7 Å². The van der Waals surface area contributed by atoms with E-state index in [9.17, 15) is 21.6 Å². The zero-order valence-corrected chi connectivity index (χ0v) is 21.6. The molecule has 0 fully saturated rings. The predicted octanol–water partition coefficient (Wildman–Crippen LogP) is 5.90. The molecule has 3 aromatic carbocycles. The van der Waals surface area contributed by atoms with E-state index in [0.717, 1.165) is 24.3 Å². The van der Waals surface area contributed by atoms with Gasteiger partial charge in [-0.25, -0.2) is 12.8 Å². The highest BCUT2D eigenvalue weighted by molar-refractivity contribution is 7.90. The minimum absolute atomic E-state index is 0.172. The minimum atomic E-state index is -4.93. The van der Waals surface area contributed by atoms with Crippen molar-refractivity contribution in [3.8, 4) is 28.7 Å². The second-order valence-corrected chi connectivity index (χ2v) is 9.71. The monoisotopic (exact) mass is 556 g/mol. The maximum atomic E-state index is 15.3. The van der Waals surface area contributed by atoms with Crippen LogP contribution in [-0.2, 0) is 15.6 Å². The van der Waals surface area contributed by atoms with E-state index in [1.807, 2.05) is 0 Å². The van der Waals surface area contributed by atoms with E-state index in [1.165, 1.54) is 46.6 Å². The first-order valence-corrected chi connectivity index (χ1v) is 12.5. The van der Waals surface area contributed by atoms with Gasteiger partial charge in [0.1, 0.15) is 5.75 Å². The Morgan fingerprint density at radius 2 is 1.37 bits per heavy atom. The molecular weight excluding hydrogens is 532 g/mol. The van der Waals surface area contributed by atoms with Crippen LogP contribution in [0.3, 0.4) is 0 Å². The molecule has 204 valence electrons. The lowest BCUT2D eigenvalue weighted by atomic mass is 10.1. The number of ether oxygens (including phenoxy) is 5. The third-order valence-electron chi connectivity index (χ3n) is 5.36. The molecule has 0 aliphatic heterocycles. The van der Waals surface area contributed by atoms with Gasteiger partial charge in [-0.3, -0.25) is 0 Å². The summed E-state index contributed by atoms with van der Waals surface area (Å²) >= 11 is 0. The number of hydrogen-bond donors (Lipinski definition) is 0. The van der Waals surface area contributed by atoms with Gasteiger partial charge < -0.3 is 23.7 Å². The van der Waals surface area contributed by atoms with Gasteiger partial charge in [-0.2, -0.15) is 0 Å². The molecule has 0 saturated heterocycles. The summed E-state index contributed by atoms with van der Waals surface area (Å²) < 4.78 is 103. The lowest BCUT2D eigenvalue weighted by Crippen LogP contribution is -2.17. The van der Waals surface area contributed by atoms with Crippen molar-refractivity contribution >= 4 is 22.0 Å². The highest BCUT2D eigenvalue weighted by Crippen LogP contribution is 2.39. The van der Waals surface area contributed by atoms with E-state index in [0.29, 0.717) is 22.8 Å². The van der Waals surface area contributed by atoms with Gasteiger partial charge in [-0.05, 0) is 53.6 Å². The van der Waals surface area contributed by atoms with Crippen molar-refractivity contribution in [1.82, 2.24) is 0 Å². The van der Waals surface area contributed by atoms with Gasteiger partial charge in [0, 0.05) is 5.56 Å². The van der Waals surface area contributed by atoms with Crippen molar-refractivity contribution in [1.29, 1.82) is 0 Å².